The van der Waals surface area contributed by atoms with Crippen LogP contribution in [0.3, 0.4) is 0 Å². The summed E-state index contributed by atoms with van der Waals surface area (Å²) in [5, 5.41) is 11.7. The van der Waals surface area contributed by atoms with Crippen molar-refractivity contribution < 1.29 is 14.6 Å². The van der Waals surface area contributed by atoms with Crippen molar-refractivity contribution in [2.45, 2.75) is 27.4 Å². The number of ether oxygens (including phenoxy) is 1. The van der Waals surface area contributed by atoms with Crippen molar-refractivity contribution in [2.24, 2.45) is 0 Å². The van der Waals surface area contributed by atoms with Gasteiger partial charge in [0.1, 0.15) is 17.4 Å². The molecule has 0 unspecified atom stereocenters. The summed E-state index contributed by atoms with van der Waals surface area (Å²) in [4.78, 5) is 15.5. The lowest BCUT2D eigenvalue weighted by atomic mass is 10.1. The van der Waals surface area contributed by atoms with Crippen LogP contribution in [0.5, 0.6) is 5.75 Å². The van der Waals surface area contributed by atoms with Crippen molar-refractivity contribution in [2.75, 3.05) is 0 Å². The molecule has 0 bridgehead atoms. The van der Waals surface area contributed by atoms with Crippen molar-refractivity contribution in [1.82, 2.24) is 4.98 Å². The summed E-state index contributed by atoms with van der Waals surface area (Å²) in [6.07, 6.45) is 0. The molecule has 0 saturated heterocycles. The van der Waals surface area contributed by atoms with Gasteiger partial charge in [-0.25, -0.2) is 4.98 Å². The highest BCUT2D eigenvalue weighted by Crippen LogP contribution is 2.28. The average molecular weight is 352 g/mol. The van der Waals surface area contributed by atoms with E-state index < -0.39 is 5.97 Å². The summed E-state index contributed by atoms with van der Waals surface area (Å²) in [6.45, 7) is 6.25. The summed E-state index contributed by atoms with van der Waals surface area (Å²) in [5.41, 5.74) is 4.76. The number of thiazole rings is 1. The SMILES string of the molecule is Cc1cc(C)cc(OCc2ccc(-c3nc(C)c(C(=O)[O-])s3)cc2)c1. The first-order chi connectivity index (χ1) is 11.9. The molecular weight excluding hydrogens is 334 g/mol. The molecule has 0 aliphatic rings. The molecule has 5 heteroatoms. The van der Waals surface area contributed by atoms with Gasteiger partial charge >= 0.3 is 0 Å². The number of aromatic nitrogens is 1. The molecule has 0 radical (unpaired) electrons. The minimum absolute atomic E-state index is 0.178. The van der Waals surface area contributed by atoms with Gasteiger partial charge in [-0.05, 0) is 49.6 Å². The third kappa shape index (κ3) is 4.06. The zero-order valence-electron chi connectivity index (χ0n) is 14.3. The van der Waals surface area contributed by atoms with Gasteiger partial charge in [-0.1, -0.05) is 30.3 Å². The van der Waals surface area contributed by atoms with E-state index in [1.165, 1.54) is 11.1 Å². The molecule has 0 amide bonds. The Morgan fingerprint density at radius 1 is 1.08 bits per heavy atom. The van der Waals surface area contributed by atoms with Gasteiger partial charge in [0, 0.05) is 5.56 Å². The first-order valence-corrected chi connectivity index (χ1v) is 8.73. The fraction of sp³-hybridized carbons (Fsp3) is 0.200. The number of aromatic carboxylic acids is 1. The van der Waals surface area contributed by atoms with Gasteiger partial charge in [0.25, 0.3) is 0 Å². The highest BCUT2D eigenvalue weighted by Gasteiger charge is 2.10. The summed E-state index contributed by atoms with van der Waals surface area (Å²) < 4.78 is 5.85. The van der Waals surface area contributed by atoms with Gasteiger partial charge in [0.05, 0.1) is 16.5 Å². The topological polar surface area (TPSA) is 62.2 Å². The molecule has 0 fully saturated rings. The number of carbonyl (C=O) groups is 1. The molecule has 0 saturated carbocycles. The second kappa shape index (κ2) is 7.07. The van der Waals surface area contributed by atoms with E-state index in [0.29, 0.717) is 17.3 Å². The molecule has 0 spiro atoms. The van der Waals surface area contributed by atoms with Gasteiger partial charge in [0.15, 0.2) is 0 Å². The molecular formula is C20H18NO3S-. The number of carbonyl (C=O) groups excluding carboxylic acids is 1. The lowest BCUT2D eigenvalue weighted by molar-refractivity contribution is -0.254. The smallest absolute Gasteiger partial charge is 0.124 e. The Labute approximate surface area is 150 Å². The number of benzene rings is 2. The summed E-state index contributed by atoms with van der Waals surface area (Å²) in [6, 6.07) is 13.9. The molecule has 1 aromatic heterocycles. The molecule has 0 aliphatic heterocycles. The first-order valence-electron chi connectivity index (χ1n) is 7.91. The molecule has 0 N–H and O–H groups in total. The van der Waals surface area contributed by atoms with Crippen LogP contribution < -0.4 is 9.84 Å². The number of carboxylic acid groups (broad SMARTS) is 1. The minimum atomic E-state index is -1.18. The summed E-state index contributed by atoms with van der Waals surface area (Å²) >= 11 is 1.14. The highest BCUT2D eigenvalue weighted by molar-refractivity contribution is 7.17. The van der Waals surface area contributed by atoms with E-state index in [9.17, 15) is 9.90 Å². The molecule has 25 heavy (non-hydrogen) atoms. The summed E-state index contributed by atoms with van der Waals surface area (Å²) in [5.74, 6) is -0.324. The Bertz CT molecular complexity index is 893. The van der Waals surface area contributed by atoms with Crippen LogP contribution in [0.1, 0.15) is 32.1 Å². The van der Waals surface area contributed by atoms with Crippen molar-refractivity contribution in [1.29, 1.82) is 0 Å². The molecule has 3 rings (SSSR count). The number of hydrogen-bond acceptors (Lipinski definition) is 5. The standard InChI is InChI=1S/C20H19NO3S/c1-12-8-13(2)10-17(9-12)24-11-15-4-6-16(7-5-15)19-21-14(3)18(25-19)20(22)23/h4-10H,11H2,1-3H3,(H,22,23)/p-1. The maximum Gasteiger partial charge on any atom is 0.124 e. The third-order valence-corrected chi connectivity index (χ3v) is 4.97. The fourth-order valence-corrected chi connectivity index (χ4v) is 3.54. The highest BCUT2D eigenvalue weighted by atomic mass is 32.1. The maximum atomic E-state index is 11.0. The first kappa shape index (κ1) is 17.2. The molecule has 4 nitrogen and oxygen atoms in total. The third-order valence-electron chi connectivity index (χ3n) is 3.78. The minimum Gasteiger partial charge on any atom is -0.544 e. The molecule has 0 atom stereocenters. The lowest BCUT2D eigenvalue weighted by Gasteiger charge is -2.08. The van der Waals surface area contributed by atoms with Crippen LogP contribution in [-0.4, -0.2) is 11.0 Å². The Morgan fingerprint density at radius 3 is 2.28 bits per heavy atom. The second-order valence-corrected chi connectivity index (χ2v) is 7.03. The normalized spacial score (nSPS) is 10.7. The van der Waals surface area contributed by atoms with Crippen LogP contribution in [-0.2, 0) is 6.61 Å². The maximum absolute atomic E-state index is 11.0. The molecule has 1 heterocycles. The van der Waals surface area contributed by atoms with Gasteiger partial charge < -0.3 is 14.6 Å². The Hall–Kier alpha value is -2.66. The molecule has 128 valence electrons. The molecule has 2 aromatic carbocycles. The van der Waals surface area contributed by atoms with Crippen molar-refractivity contribution >= 4 is 17.3 Å². The zero-order chi connectivity index (χ0) is 18.0. The molecule has 0 aliphatic carbocycles. The van der Waals surface area contributed by atoms with Crippen LogP contribution >= 0.6 is 11.3 Å². The number of nitrogens with zero attached hydrogens (tertiary/aromatic N) is 1. The van der Waals surface area contributed by atoms with Crippen LogP contribution in [0.4, 0.5) is 0 Å². The van der Waals surface area contributed by atoms with Gasteiger partial charge in [-0.15, -0.1) is 11.3 Å². The quantitative estimate of drug-likeness (QED) is 0.703. The molecule has 3 aromatic rings. The monoisotopic (exact) mass is 352 g/mol. The van der Waals surface area contributed by atoms with E-state index in [1.807, 2.05) is 50.2 Å². The van der Waals surface area contributed by atoms with Crippen molar-refractivity contribution in [3.8, 4) is 16.3 Å². The van der Waals surface area contributed by atoms with Crippen LogP contribution in [0, 0.1) is 20.8 Å². The summed E-state index contributed by atoms with van der Waals surface area (Å²) in [7, 11) is 0. The van der Waals surface area contributed by atoms with Crippen LogP contribution in [0.25, 0.3) is 10.6 Å². The van der Waals surface area contributed by atoms with Crippen molar-refractivity contribution in [3.63, 3.8) is 0 Å². The number of aryl methyl sites for hydroxylation is 3. The number of carboxylic acids is 1. The predicted molar refractivity (Wildman–Crippen MR) is 96.9 cm³/mol. The zero-order valence-corrected chi connectivity index (χ0v) is 15.1. The van der Waals surface area contributed by atoms with Crippen LogP contribution in [0.15, 0.2) is 42.5 Å². The van der Waals surface area contributed by atoms with Crippen molar-refractivity contribution in [3.05, 3.63) is 69.7 Å². The van der Waals surface area contributed by atoms with E-state index in [0.717, 1.165) is 28.2 Å². The van der Waals surface area contributed by atoms with Gasteiger partial charge in [-0.2, -0.15) is 0 Å². The van der Waals surface area contributed by atoms with Crippen LogP contribution in [0.2, 0.25) is 0 Å². The van der Waals surface area contributed by atoms with E-state index >= 15 is 0 Å². The predicted octanol–water partition coefficient (Wildman–Crippen LogP) is 3.68. The number of hydrogen-bond donors (Lipinski definition) is 0. The Kier molecular flexibility index (Phi) is 4.86. The Balaban J connectivity index is 1.72. The van der Waals surface area contributed by atoms with E-state index in [-0.39, 0.29) is 4.88 Å². The van der Waals surface area contributed by atoms with E-state index in [1.54, 1.807) is 6.92 Å². The second-order valence-electron chi connectivity index (χ2n) is 6.03. The Morgan fingerprint density at radius 2 is 1.72 bits per heavy atom. The fourth-order valence-electron chi connectivity index (χ4n) is 2.64. The lowest BCUT2D eigenvalue weighted by Crippen LogP contribution is -2.21. The van der Waals surface area contributed by atoms with Gasteiger partial charge in [-0.3, -0.25) is 0 Å². The average Bonchev–Trinajstić information content (AvgIpc) is 2.95. The van der Waals surface area contributed by atoms with E-state index in [4.69, 9.17) is 4.74 Å². The largest absolute Gasteiger partial charge is 0.544 e. The van der Waals surface area contributed by atoms with E-state index in [2.05, 4.69) is 11.1 Å². The number of rotatable bonds is 5. The van der Waals surface area contributed by atoms with Gasteiger partial charge in [0.2, 0.25) is 0 Å².